The molecule has 2 heterocycles. The van der Waals surface area contributed by atoms with E-state index in [1.165, 1.54) is 0 Å². The van der Waals surface area contributed by atoms with Crippen LogP contribution in [-0.4, -0.2) is 80.9 Å². The molecule has 0 unspecified atom stereocenters. The molecule has 22 heavy (non-hydrogen) atoms. The lowest BCUT2D eigenvalue weighted by Crippen LogP contribution is -2.49. The van der Waals surface area contributed by atoms with E-state index in [0.717, 1.165) is 71.7 Å². The quantitative estimate of drug-likeness (QED) is 0.708. The van der Waals surface area contributed by atoms with Crippen LogP contribution >= 0.6 is 0 Å². The number of urea groups is 1. The Balaban J connectivity index is 1.55. The molecule has 2 fully saturated rings. The fraction of sp³-hybridized carbons (Fsp3) is 0.812. The van der Waals surface area contributed by atoms with E-state index < -0.39 is 0 Å². The standard InChI is InChI=1S/C16H30N4O2/c1-2-7-19-9-4-15(5-10-19)18-16(21)17-6-11-20-8-3-13-22-14-12-20/h2,15H,1,3-14H2,(H2,17,18,21). The van der Waals surface area contributed by atoms with E-state index in [0.29, 0.717) is 12.6 Å². The Kier molecular flexibility index (Phi) is 7.70. The Hall–Kier alpha value is -1.11. The molecular weight excluding hydrogens is 280 g/mol. The van der Waals surface area contributed by atoms with E-state index in [-0.39, 0.29) is 6.03 Å². The second kappa shape index (κ2) is 9.82. The van der Waals surface area contributed by atoms with Gasteiger partial charge < -0.3 is 15.4 Å². The summed E-state index contributed by atoms with van der Waals surface area (Å²) >= 11 is 0. The van der Waals surface area contributed by atoms with Gasteiger partial charge in [-0.3, -0.25) is 9.80 Å². The van der Waals surface area contributed by atoms with Crippen molar-refractivity contribution < 1.29 is 9.53 Å². The highest BCUT2D eigenvalue weighted by Crippen LogP contribution is 2.09. The van der Waals surface area contributed by atoms with Crippen LogP contribution in [0.15, 0.2) is 12.7 Å². The van der Waals surface area contributed by atoms with Gasteiger partial charge in [0.25, 0.3) is 0 Å². The molecule has 2 saturated heterocycles. The smallest absolute Gasteiger partial charge is 0.315 e. The van der Waals surface area contributed by atoms with E-state index in [1.807, 2.05) is 6.08 Å². The number of carbonyl (C=O) groups excluding carboxylic acids is 1. The van der Waals surface area contributed by atoms with Gasteiger partial charge in [-0.05, 0) is 19.3 Å². The van der Waals surface area contributed by atoms with Crippen molar-refractivity contribution in [3.63, 3.8) is 0 Å². The third kappa shape index (κ3) is 6.34. The predicted octanol–water partition coefficient (Wildman–Crippen LogP) is 0.658. The summed E-state index contributed by atoms with van der Waals surface area (Å²) in [4.78, 5) is 16.6. The minimum absolute atomic E-state index is 0.0340. The van der Waals surface area contributed by atoms with Crippen molar-refractivity contribution in [1.29, 1.82) is 0 Å². The van der Waals surface area contributed by atoms with Gasteiger partial charge in [0.05, 0.1) is 6.61 Å². The zero-order chi connectivity index (χ0) is 15.6. The first-order chi connectivity index (χ1) is 10.8. The second-order valence-electron chi connectivity index (χ2n) is 6.07. The van der Waals surface area contributed by atoms with Crippen LogP contribution in [-0.2, 0) is 4.74 Å². The van der Waals surface area contributed by atoms with Gasteiger partial charge in [-0.15, -0.1) is 6.58 Å². The number of hydrogen-bond acceptors (Lipinski definition) is 4. The molecule has 0 saturated carbocycles. The number of hydrogen-bond donors (Lipinski definition) is 2. The molecule has 2 amide bonds. The van der Waals surface area contributed by atoms with Crippen molar-refractivity contribution in [1.82, 2.24) is 20.4 Å². The summed E-state index contributed by atoms with van der Waals surface area (Å²) in [6, 6.07) is 0.265. The molecular formula is C16H30N4O2. The summed E-state index contributed by atoms with van der Waals surface area (Å²) in [5.74, 6) is 0. The molecule has 126 valence electrons. The summed E-state index contributed by atoms with van der Waals surface area (Å²) < 4.78 is 5.43. The molecule has 0 aromatic carbocycles. The number of ether oxygens (including phenoxy) is 1. The van der Waals surface area contributed by atoms with E-state index in [4.69, 9.17) is 4.74 Å². The van der Waals surface area contributed by atoms with Crippen molar-refractivity contribution in [3.8, 4) is 0 Å². The van der Waals surface area contributed by atoms with Crippen molar-refractivity contribution in [3.05, 3.63) is 12.7 Å². The first-order valence-electron chi connectivity index (χ1n) is 8.45. The van der Waals surface area contributed by atoms with E-state index in [2.05, 4.69) is 27.0 Å². The Morgan fingerprint density at radius 3 is 2.77 bits per heavy atom. The molecule has 0 atom stereocenters. The Morgan fingerprint density at radius 1 is 1.18 bits per heavy atom. The highest BCUT2D eigenvalue weighted by molar-refractivity contribution is 5.74. The van der Waals surface area contributed by atoms with E-state index in [1.54, 1.807) is 0 Å². The highest BCUT2D eigenvalue weighted by atomic mass is 16.5. The maximum atomic E-state index is 11.9. The van der Waals surface area contributed by atoms with Crippen LogP contribution < -0.4 is 10.6 Å². The molecule has 2 N–H and O–H groups in total. The Bertz CT molecular complexity index is 335. The van der Waals surface area contributed by atoms with Gasteiger partial charge in [0.15, 0.2) is 0 Å². The lowest BCUT2D eigenvalue weighted by Gasteiger charge is -2.31. The fourth-order valence-electron chi connectivity index (χ4n) is 3.03. The maximum Gasteiger partial charge on any atom is 0.315 e. The average Bonchev–Trinajstić information content (AvgIpc) is 2.78. The fourth-order valence-corrected chi connectivity index (χ4v) is 3.03. The maximum absolute atomic E-state index is 11.9. The molecule has 0 aromatic rings. The summed E-state index contributed by atoms with van der Waals surface area (Å²) in [7, 11) is 0. The predicted molar refractivity (Wildman–Crippen MR) is 88.1 cm³/mol. The van der Waals surface area contributed by atoms with Gasteiger partial charge in [-0.1, -0.05) is 6.08 Å². The largest absolute Gasteiger partial charge is 0.380 e. The molecule has 0 bridgehead atoms. The van der Waals surface area contributed by atoms with Crippen LogP contribution in [0.4, 0.5) is 4.79 Å². The van der Waals surface area contributed by atoms with Gasteiger partial charge >= 0.3 is 6.03 Å². The van der Waals surface area contributed by atoms with Crippen LogP contribution in [0.5, 0.6) is 0 Å². The zero-order valence-electron chi connectivity index (χ0n) is 13.6. The van der Waals surface area contributed by atoms with Gasteiger partial charge in [-0.2, -0.15) is 0 Å². The van der Waals surface area contributed by atoms with Crippen molar-refractivity contribution in [2.45, 2.75) is 25.3 Å². The van der Waals surface area contributed by atoms with E-state index in [9.17, 15) is 4.79 Å². The number of carbonyl (C=O) groups is 1. The normalized spacial score (nSPS) is 22.0. The minimum Gasteiger partial charge on any atom is -0.380 e. The molecule has 0 spiro atoms. The Labute approximate surface area is 133 Å². The number of nitrogens with one attached hydrogen (secondary N) is 2. The van der Waals surface area contributed by atoms with Crippen molar-refractivity contribution >= 4 is 6.03 Å². The highest BCUT2D eigenvalue weighted by Gasteiger charge is 2.19. The summed E-state index contributed by atoms with van der Waals surface area (Å²) in [5.41, 5.74) is 0. The van der Waals surface area contributed by atoms with Crippen molar-refractivity contribution in [2.75, 3.05) is 59.0 Å². The molecule has 6 heteroatoms. The van der Waals surface area contributed by atoms with Crippen LogP contribution in [0.25, 0.3) is 0 Å². The number of piperidine rings is 1. The van der Waals surface area contributed by atoms with Gasteiger partial charge in [0.2, 0.25) is 0 Å². The van der Waals surface area contributed by atoms with Crippen LogP contribution in [0.1, 0.15) is 19.3 Å². The topological polar surface area (TPSA) is 56.8 Å². The summed E-state index contributed by atoms with van der Waals surface area (Å²) in [6.45, 7) is 12.0. The number of rotatable bonds is 6. The molecule has 0 aromatic heterocycles. The van der Waals surface area contributed by atoms with Crippen LogP contribution in [0.3, 0.4) is 0 Å². The van der Waals surface area contributed by atoms with E-state index >= 15 is 0 Å². The number of likely N-dealkylation sites (tertiary alicyclic amines) is 1. The third-order valence-electron chi connectivity index (χ3n) is 4.34. The lowest BCUT2D eigenvalue weighted by molar-refractivity contribution is 0.141. The molecule has 0 aliphatic carbocycles. The first kappa shape index (κ1) is 17.2. The molecule has 0 radical (unpaired) electrons. The first-order valence-corrected chi connectivity index (χ1v) is 8.45. The Morgan fingerprint density at radius 2 is 2.00 bits per heavy atom. The molecule has 6 nitrogen and oxygen atoms in total. The molecule has 2 aliphatic rings. The molecule has 2 aliphatic heterocycles. The lowest BCUT2D eigenvalue weighted by atomic mass is 10.1. The van der Waals surface area contributed by atoms with Gasteiger partial charge in [-0.25, -0.2) is 4.79 Å². The number of amides is 2. The third-order valence-corrected chi connectivity index (χ3v) is 4.34. The average molecular weight is 310 g/mol. The van der Waals surface area contributed by atoms with Crippen LogP contribution in [0, 0.1) is 0 Å². The SMILES string of the molecule is C=CCN1CCC(NC(=O)NCCN2CCCOCC2)CC1. The monoisotopic (exact) mass is 310 g/mol. The summed E-state index contributed by atoms with van der Waals surface area (Å²) in [6.07, 6.45) is 5.05. The minimum atomic E-state index is -0.0340. The van der Waals surface area contributed by atoms with Crippen LogP contribution in [0.2, 0.25) is 0 Å². The summed E-state index contributed by atoms with van der Waals surface area (Å²) in [5, 5.41) is 6.06. The van der Waals surface area contributed by atoms with Gasteiger partial charge in [0.1, 0.15) is 0 Å². The zero-order valence-corrected chi connectivity index (χ0v) is 13.6. The second-order valence-corrected chi connectivity index (χ2v) is 6.07. The van der Waals surface area contributed by atoms with Gasteiger partial charge in [0, 0.05) is 58.5 Å². The number of nitrogens with zero attached hydrogens (tertiary/aromatic N) is 2. The van der Waals surface area contributed by atoms with Crippen molar-refractivity contribution in [2.24, 2.45) is 0 Å². The molecule has 2 rings (SSSR count).